The van der Waals surface area contributed by atoms with Crippen LogP contribution in [0.4, 0.5) is 5.95 Å². The molecule has 1 aliphatic heterocycles. The van der Waals surface area contributed by atoms with Gasteiger partial charge in [-0.05, 0) is 25.2 Å². The fraction of sp³-hybridized carbons (Fsp3) is 0.615. The lowest BCUT2D eigenvalue weighted by Crippen LogP contribution is -2.41. The number of hydrogen-bond donors (Lipinski definition) is 1. The fourth-order valence-corrected chi connectivity index (χ4v) is 2.41. The highest BCUT2D eigenvalue weighted by Gasteiger charge is 2.28. The summed E-state index contributed by atoms with van der Waals surface area (Å²) in [6, 6.07) is 0. The Labute approximate surface area is 107 Å². The van der Waals surface area contributed by atoms with E-state index in [0.717, 1.165) is 19.5 Å². The van der Waals surface area contributed by atoms with Crippen molar-refractivity contribution in [3.8, 4) is 0 Å². The molecule has 18 heavy (non-hydrogen) atoms. The maximum atomic E-state index is 10.9. The molecular formula is C13H19N3O2. The summed E-state index contributed by atoms with van der Waals surface area (Å²) in [5.41, 5.74) is 0.965. The highest BCUT2D eigenvalue weighted by Crippen LogP contribution is 2.30. The van der Waals surface area contributed by atoms with E-state index in [1.54, 1.807) is 6.92 Å². The SMILES string of the molecule is Cc1nc(N2CCCC(C)(C)C2)ncc1C(=O)O. The quantitative estimate of drug-likeness (QED) is 0.869. The van der Waals surface area contributed by atoms with Gasteiger partial charge >= 0.3 is 5.97 Å². The molecule has 0 atom stereocenters. The third-order valence-electron chi connectivity index (χ3n) is 3.38. The molecule has 1 N–H and O–H groups in total. The van der Waals surface area contributed by atoms with Crippen molar-refractivity contribution in [2.45, 2.75) is 33.6 Å². The second-order valence-electron chi connectivity index (χ2n) is 5.66. The van der Waals surface area contributed by atoms with E-state index in [9.17, 15) is 4.79 Å². The summed E-state index contributed by atoms with van der Waals surface area (Å²) in [4.78, 5) is 21.6. The number of piperidine rings is 1. The van der Waals surface area contributed by atoms with Crippen molar-refractivity contribution < 1.29 is 9.90 Å². The van der Waals surface area contributed by atoms with Gasteiger partial charge in [0.15, 0.2) is 0 Å². The molecule has 1 aliphatic rings. The Bertz CT molecular complexity index is 471. The van der Waals surface area contributed by atoms with Crippen LogP contribution in [0.5, 0.6) is 0 Å². The Morgan fingerprint density at radius 1 is 1.50 bits per heavy atom. The van der Waals surface area contributed by atoms with Crippen LogP contribution in [0.2, 0.25) is 0 Å². The molecule has 0 aliphatic carbocycles. The number of aromatic nitrogens is 2. The molecule has 0 spiro atoms. The topological polar surface area (TPSA) is 66.3 Å². The zero-order valence-electron chi connectivity index (χ0n) is 11.1. The summed E-state index contributed by atoms with van der Waals surface area (Å²) >= 11 is 0. The monoisotopic (exact) mass is 249 g/mol. The second-order valence-corrected chi connectivity index (χ2v) is 5.66. The average Bonchev–Trinajstić information content (AvgIpc) is 2.27. The minimum Gasteiger partial charge on any atom is -0.478 e. The minimum absolute atomic E-state index is 0.176. The van der Waals surface area contributed by atoms with E-state index in [1.807, 2.05) is 0 Å². The van der Waals surface area contributed by atoms with Crippen LogP contribution in [0.15, 0.2) is 6.20 Å². The average molecular weight is 249 g/mol. The van der Waals surface area contributed by atoms with Gasteiger partial charge in [0.05, 0.1) is 11.3 Å². The number of nitrogens with zero attached hydrogens (tertiary/aromatic N) is 3. The number of hydrogen-bond acceptors (Lipinski definition) is 4. The number of aryl methyl sites for hydroxylation is 1. The lowest BCUT2D eigenvalue weighted by Gasteiger charge is -2.38. The molecule has 2 heterocycles. The molecule has 0 unspecified atom stereocenters. The van der Waals surface area contributed by atoms with Crippen molar-refractivity contribution in [3.05, 3.63) is 17.5 Å². The lowest BCUT2D eigenvalue weighted by atomic mass is 9.84. The Morgan fingerprint density at radius 2 is 2.22 bits per heavy atom. The molecule has 0 bridgehead atoms. The van der Waals surface area contributed by atoms with Gasteiger partial charge < -0.3 is 10.0 Å². The molecule has 1 saturated heterocycles. The molecule has 0 radical (unpaired) electrons. The Hall–Kier alpha value is -1.65. The Morgan fingerprint density at radius 3 is 2.78 bits per heavy atom. The molecule has 0 aromatic carbocycles. The van der Waals surface area contributed by atoms with Crippen molar-refractivity contribution in [2.75, 3.05) is 18.0 Å². The first-order chi connectivity index (χ1) is 8.39. The molecule has 0 amide bonds. The van der Waals surface area contributed by atoms with Gasteiger partial charge in [-0.3, -0.25) is 0 Å². The summed E-state index contributed by atoms with van der Waals surface area (Å²) < 4.78 is 0. The highest BCUT2D eigenvalue weighted by atomic mass is 16.4. The van der Waals surface area contributed by atoms with Gasteiger partial charge in [-0.25, -0.2) is 14.8 Å². The molecule has 2 rings (SSSR count). The number of carbonyl (C=O) groups is 1. The molecule has 5 heteroatoms. The van der Waals surface area contributed by atoms with E-state index in [1.165, 1.54) is 12.6 Å². The lowest BCUT2D eigenvalue weighted by molar-refractivity contribution is 0.0695. The zero-order chi connectivity index (χ0) is 13.3. The third kappa shape index (κ3) is 2.60. The van der Waals surface area contributed by atoms with E-state index >= 15 is 0 Å². The maximum absolute atomic E-state index is 10.9. The normalized spacial score (nSPS) is 18.7. The van der Waals surface area contributed by atoms with Crippen LogP contribution in [-0.4, -0.2) is 34.1 Å². The molecule has 1 aromatic rings. The predicted molar refractivity (Wildman–Crippen MR) is 69.0 cm³/mol. The van der Waals surface area contributed by atoms with Crippen LogP contribution in [-0.2, 0) is 0 Å². The second kappa shape index (κ2) is 4.55. The fourth-order valence-electron chi connectivity index (χ4n) is 2.41. The van der Waals surface area contributed by atoms with E-state index < -0.39 is 5.97 Å². The molecule has 1 fully saturated rings. The van der Waals surface area contributed by atoms with Gasteiger partial charge in [0.25, 0.3) is 0 Å². The molecule has 98 valence electrons. The Kier molecular flexibility index (Phi) is 3.24. The third-order valence-corrected chi connectivity index (χ3v) is 3.38. The number of carboxylic acids is 1. The molecule has 5 nitrogen and oxygen atoms in total. The van der Waals surface area contributed by atoms with E-state index in [2.05, 4.69) is 28.7 Å². The van der Waals surface area contributed by atoms with E-state index in [0.29, 0.717) is 11.6 Å². The van der Waals surface area contributed by atoms with Crippen LogP contribution in [0.1, 0.15) is 42.7 Å². The van der Waals surface area contributed by atoms with Gasteiger partial charge in [-0.1, -0.05) is 13.8 Å². The van der Waals surface area contributed by atoms with Crippen LogP contribution in [0.25, 0.3) is 0 Å². The van der Waals surface area contributed by atoms with Gasteiger partial charge in [-0.2, -0.15) is 0 Å². The van der Waals surface area contributed by atoms with Crippen molar-refractivity contribution in [1.82, 2.24) is 9.97 Å². The molecule has 1 aromatic heterocycles. The highest BCUT2D eigenvalue weighted by molar-refractivity contribution is 5.88. The zero-order valence-corrected chi connectivity index (χ0v) is 11.1. The summed E-state index contributed by atoms with van der Waals surface area (Å²) in [6.45, 7) is 8.03. The first-order valence-electron chi connectivity index (χ1n) is 6.21. The van der Waals surface area contributed by atoms with E-state index in [-0.39, 0.29) is 11.0 Å². The van der Waals surface area contributed by atoms with Crippen molar-refractivity contribution in [2.24, 2.45) is 5.41 Å². The maximum Gasteiger partial charge on any atom is 0.339 e. The first kappa shape index (κ1) is 12.8. The van der Waals surface area contributed by atoms with Gasteiger partial charge in [0.1, 0.15) is 0 Å². The van der Waals surface area contributed by atoms with Crippen molar-refractivity contribution in [3.63, 3.8) is 0 Å². The minimum atomic E-state index is -0.974. The summed E-state index contributed by atoms with van der Waals surface area (Å²) in [6.07, 6.45) is 3.73. The summed E-state index contributed by atoms with van der Waals surface area (Å²) in [7, 11) is 0. The van der Waals surface area contributed by atoms with Crippen LogP contribution < -0.4 is 4.90 Å². The Balaban J connectivity index is 2.24. The largest absolute Gasteiger partial charge is 0.478 e. The molecule has 0 saturated carbocycles. The van der Waals surface area contributed by atoms with Crippen molar-refractivity contribution in [1.29, 1.82) is 0 Å². The number of carboxylic acid groups (broad SMARTS) is 1. The van der Waals surface area contributed by atoms with Gasteiger partial charge in [0.2, 0.25) is 5.95 Å². The van der Waals surface area contributed by atoms with E-state index in [4.69, 9.17) is 5.11 Å². The van der Waals surface area contributed by atoms with Crippen LogP contribution >= 0.6 is 0 Å². The number of rotatable bonds is 2. The summed E-state index contributed by atoms with van der Waals surface area (Å²) in [5, 5.41) is 8.96. The number of anilines is 1. The van der Waals surface area contributed by atoms with Crippen LogP contribution in [0, 0.1) is 12.3 Å². The smallest absolute Gasteiger partial charge is 0.339 e. The van der Waals surface area contributed by atoms with Crippen molar-refractivity contribution >= 4 is 11.9 Å². The number of aromatic carboxylic acids is 1. The van der Waals surface area contributed by atoms with Gasteiger partial charge in [-0.15, -0.1) is 0 Å². The summed E-state index contributed by atoms with van der Waals surface area (Å²) in [5.74, 6) is -0.330. The first-order valence-corrected chi connectivity index (χ1v) is 6.21. The standard InChI is InChI=1S/C13H19N3O2/c1-9-10(11(17)18)7-14-12(15-9)16-6-4-5-13(2,3)8-16/h7H,4-6,8H2,1-3H3,(H,17,18). The molecular weight excluding hydrogens is 230 g/mol. The predicted octanol–water partition coefficient (Wildman–Crippen LogP) is 2.11. The van der Waals surface area contributed by atoms with Crippen LogP contribution in [0.3, 0.4) is 0 Å². The van der Waals surface area contributed by atoms with Gasteiger partial charge in [0, 0.05) is 19.3 Å².